The highest BCUT2D eigenvalue weighted by Gasteiger charge is 2.55. The standard InChI is InChI=1S/C22H24F2N4O/c1-29-22(19-20(24)17(23)10-18-21(19)26-27-25-18)15-8-5-9-16(22)13-28(12-15)11-14-6-3-2-4-7-14/h2-4,6-7,10,15-16H,5,8-9,11-13H2,1H3,(H,25,26,27). The van der Waals surface area contributed by atoms with Crippen molar-refractivity contribution in [1.82, 2.24) is 20.3 Å². The zero-order valence-corrected chi connectivity index (χ0v) is 16.4. The van der Waals surface area contributed by atoms with E-state index in [0.29, 0.717) is 11.0 Å². The molecule has 7 heteroatoms. The molecular formula is C22H24F2N4O. The number of piperidine rings is 1. The number of nitrogens with one attached hydrogen (secondary N) is 1. The van der Waals surface area contributed by atoms with E-state index in [9.17, 15) is 4.39 Å². The Morgan fingerprint density at radius 3 is 2.59 bits per heavy atom. The van der Waals surface area contributed by atoms with Crippen LogP contribution in [-0.2, 0) is 16.9 Å². The largest absolute Gasteiger partial charge is 0.373 e. The Labute approximate surface area is 168 Å². The van der Waals surface area contributed by atoms with Gasteiger partial charge in [-0.15, -0.1) is 5.10 Å². The summed E-state index contributed by atoms with van der Waals surface area (Å²) < 4.78 is 35.8. The summed E-state index contributed by atoms with van der Waals surface area (Å²) in [6.07, 6.45) is 2.88. The van der Waals surface area contributed by atoms with Crippen molar-refractivity contribution in [3.63, 3.8) is 0 Å². The van der Waals surface area contributed by atoms with Crippen LogP contribution < -0.4 is 0 Å². The first-order valence-corrected chi connectivity index (χ1v) is 10.1. The predicted molar refractivity (Wildman–Crippen MR) is 105 cm³/mol. The van der Waals surface area contributed by atoms with Crippen LogP contribution >= 0.6 is 0 Å². The van der Waals surface area contributed by atoms with Gasteiger partial charge in [-0.3, -0.25) is 10.00 Å². The molecule has 5 nitrogen and oxygen atoms in total. The minimum absolute atomic E-state index is 0.0555. The van der Waals surface area contributed by atoms with Gasteiger partial charge < -0.3 is 4.74 Å². The number of rotatable bonds is 4. The van der Waals surface area contributed by atoms with Gasteiger partial charge >= 0.3 is 0 Å². The van der Waals surface area contributed by atoms with Gasteiger partial charge in [0.05, 0.1) is 11.1 Å². The Kier molecular flexibility index (Phi) is 4.59. The van der Waals surface area contributed by atoms with E-state index >= 15 is 4.39 Å². The molecule has 2 aromatic carbocycles. The van der Waals surface area contributed by atoms with E-state index in [1.165, 1.54) is 5.56 Å². The molecule has 2 fully saturated rings. The van der Waals surface area contributed by atoms with E-state index in [4.69, 9.17) is 4.74 Å². The highest BCUT2D eigenvalue weighted by molar-refractivity contribution is 5.79. The minimum Gasteiger partial charge on any atom is -0.373 e. The first-order valence-electron chi connectivity index (χ1n) is 10.1. The van der Waals surface area contributed by atoms with Gasteiger partial charge in [-0.2, -0.15) is 0 Å². The Hall–Kier alpha value is -2.38. The van der Waals surface area contributed by atoms with E-state index in [1.54, 1.807) is 7.11 Å². The topological polar surface area (TPSA) is 54.0 Å². The molecular weight excluding hydrogens is 374 g/mol. The summed E-state index contributed by atoms with van der Waals surface area (Å²) in [7, 11) is 1.62. The van der Waals surface area contributed by atoms with Crippen LogP contribution in [0.4, 0.5) is 8.78 Å². The Bertz CT molecular complexity index is 1010. The number of aromatic nitrogens is 3. The Morgan fingerprint density at radius 2 is 1.90 bits per heavy atom. The van der Waals surface area contributed by atoms with Crippen LogP contribution in [-0.4, -0.2) is 40.5 Å². The van der Waals surface area contributed by atoms with E-state index in [-0.39, 0.29) is 17.4 Å². The number of halogens is 2. The van der Waals surface area contributed by atoms with Crippen LogP contribution in [0.5, 0.6) is 0 Å². The summed E-state index contributed by atoms with van der Waals surface area (Å²) in [6, 6.07) is 11.5. The third-order valence-electron chi connectivity index (χ3n) is 6.77. The van der Waals surface area contributed by atoms with Crippen molar-refractivity contribution in [2.45, 2.75) is 31.4 Å². The average Bonchev–Trinajstić information content (AvgIpc) is 3.17. The molecule has 0 spiro atoms. The number of hydrogen-bond donors (Lipinski definition) is 1. The lowest BCUT2D eigenvalue weighted by atomic mass is 9.62. The number of fused-ring (bicyclic) bond motifs is 3. The quantitative estimate of drug-likeness (QED) is 0.722. The molecule has 3 aromatic rings. The monoisotopic (exact) mass is 398 g/mol. The number of aromatic amines is 1. The molecule has 1 saturated heterocycles. The molecule has 2 unspecified atom stereocenters. The third kappa shape index (κ3) is 2.87. The van der Waals surface area contributed by atoms with Gasteiger partial charge in [0.25, 0.3) is 0 Å². The number of methoxy groups -OCH3 is 1. The van der Waals surface area contributed by atoms with Gasteiger partial charge in [0.15, 0.2) is 11.6 Å². The van der Waals surface area contributed by atoms with E-state index in [0.717, 1.165) is 45.0 Å². The molecule has 2 bridgehead atoms. The fraction of sp³-hybridized carbons (Fsp3) is 0.455. The molecule has 0 amide bonds. The van der Waals surface area contributed by atoms with Crippen LogP contribution in [0.3, 0.4) is 0 Å². The molecule has 5 rings (SSSR count). The molecule has 2 atom stereocenters. The van der Waals surface area contributed by atoms with Crippen molar-refractivity contribution in [3.8, 4) is 0 Å². The van der Waals surface area contributed by atoms with Crippen molar-refractivity contribution >= 4 is 11.0 Å². The summed E-state index contributed by atoms with van der Waals surface area (Å²) in [4.78, 5) is 2.41. The van der Waals surface area contributed by atoms with E-state index in [1.807, 2.05) is 18.2 Å². The van der Waals surface area contributed by atoms with Gasteiger partial charge in [0.2, 0.25) is 0 Å². The first-order chi connectivity index (χ1) is 14.1. The maximum Gasteiger partial charge on any atom is 0.167 e. The fourth-order valence-corrected chi connectivity index (χ4v) is 5.63. The summed E-state index contributed by atoms with van der Waals surface area (Å²) in [6.45, 7) is 2.39. The number of H-pyrrole nitrogens is 1. The second-order valence-corrected chi connectivity index (χ2v) is 8.26. The molecule has 2 aliphatic rings. The van der Waals surface area contributed by atoms with Crippen molar-refractivity contribution in [2.75, 3.05) is 20.2 Å². The lowest BCUT2D eigenvalue weighted by molar-refractivity contribution is -0.171. The zero-order valence-electron chi connectivity index (χ0n) is 16.4. The number of ether oxygens (including phenoxy) is 1. The molecule has 1 N–H and O–H groups in total. The van der Waals surface area contributed by atoms with Gasteiger partial charge in [-0.05, 0) is 18.4 Å². The molecule has 1 aliphatic heterocycles. The molecule has 29 heavy (non-hydrogen) atoms. The number of benzene rings is 2. The van der Waals surface area contributed by atoms with Crippen molar-refractivity contribution < 1.29 is 13.5 Å². The lowest BCUT2D eigenvalue weighted by Gasteiger charge is -2.55. The average molecular weight is 398 g/mol. The smallest absolute Gasteiger partial charge is 0.167 e. The van der Waals surface area contributed by atoms with Crippen LogP contribution in [0, 0.1) is 23.5 Å². The van der Waals surface area contributed by atoms with Crippen molar-refractivity contribution in [3.05, 3.63) is 59.2 Å². The zero-order chi connectivity index (χ0) is 20.0. The highest BCUT2D eigenvalue weighted by Crippen LogP contribution is 2.53. The molecule has 0 radical (unpaired) electrons. The molecule has 152 valence electrons. The SMILES string of the molecule is COC1(c2c(F)c(F)cc3[nH]nnc23)C2CCCC1CN(Cc1ccccc1)C2. The highest BCUT2D eigenvalue weighted by atomic mass is 19.2. The Balaban J connectivity index is 1.58. The lowest BCUT2D eigenvalue weighted by Crippen LogP contribution is -2.59. The number of hydrogen-bond acceptors (Lipinski definition) is 4. The molecule has 1 saturated carbocycles. The third-order valence-corrected chi connectivity index (χ3v) is 6.77. The van der Waals surface area contributed by atoms with Crippen molar-refractivity contribution in [1.29, 1.82) is 0 Å². The van der Waals surface area contributed by atoms with E-state index in [2.05, 4.69) is 32.4 Å². The molecule has 1 aliphatic carbocycles. The second kappa shape index (κ2) is 7.15. The maximum absolute atomic E-state index is 15.2. The summed E-state index contributed by atoms with van der Waals surface area (Å²) >= 11 is 0. The van der Waals surface area contributed by atoms with Gasteiger partial charge in [-0.25, -0.2) is 8.78 Å². The first kappa shape index (κ1) is 18.6. The minimum atomic E-state index is -0.896. The van der Waals surface area contributed by atoms with Gasteiger partial charge in [-0.1, -0.05) is 42.0 Å². The molecule has 1 aromatic heterocycles. The summed E-state index contributed by atoms with van der Waals surface area (Å²) in [5.41, 5.74) is 1.37. The van der Waals surface area contributed by atoms with Crippen LogP contribution in [0.15, 0.2) is 36.4 Å². The predicted octanol–water partition coefficient (Wildman–Crippen LogP) is 4.01. The van der Waals surface area contributed by atoms with Crippen molar-refractivity contribution in [2.24, 2.45) is 11.8 Å². The van der Waals surface area contributed by atoms with E-state index < -0.39 is 17.2 Å². The second-order valence-electron chi connectivity index (χ2n) is 8.26. The number of nitrogens with zero attached hydrogens (tertiary/aromatic N) is 3. The van der Waals surface area contributed by atoms with Crippen LogP contribution in [0.1, 0.15) is 30.4 Å². The Morgan fingerprint density at radius 1 is 1.17 bits per heavy atom. The van der Waals surface area contributed by atoms with Gasteiger partial charge in [0, 0.05) is 44.6 Å². The number of likely N-dealkylation sites (tertiary alicyclic amines) is 1. The maximum atomic E-state index is 15.2. The van der Waals surface area contributed by atoms with Crippen LogP contribution in [0.2, 0.25) is 0 Å². The normalized spacial score (nSPS) is 27.4. The fourth-order valence-electron chi connectivity index (χ4n) is 5.63. The summed E-state index contributed by atoms with van der Waals surface area (Å²) in [5, 5.41) is 10.6. The molecule has 2 heterocycles. The van der Waals surface area contributed by atoms with Gasteiger partial charge in [0.1, 0.15) is 11.1 Å². The van der Waals surface area contributed by atoms with Crippen LogP contribution in [0.25, 0.3) is 11.0 Å². The summed E-state index contributed by atoms with van der Waals surface area (Å²) in [5.74, 6) is -1.64.